The summed E-state index contributed by atoms with van der Waals surface area (Å²) in [6.07, 6.45) is 12.0. The second-order valence-corrected chi connectivity index (χ2v) is 21.4. The summed E-state index contributed by atoms with van der Waals surface area (Å²) in [5.41, 5.74) is 9.56. The Kier molecular flexibility index (Phi) is 8.21. The van der Waals surface area contributed by atoms with Crippen molar-refractivity contribution >= 4 is 34.2 Å². The van der Waals surface area contributed by atoms with Crippen molar-refractivity contribution in [2.24, 2.45) is 67.5 Å². The number of carbonyl (C=O) groups is 3. The number of aromatic nitrogens is 1. The van der Waals surface area contributed by atoms with E-state index in [1.165, 1.54) is 37.0 Å². The Morgan fingerprint density at radius 3 is 2.37 bits per heavy atom. The molecule has 6 fully saturated rings. The van der Waals surface area contributed by atoms with Crippen LogP contribution in [0.2, 0.25) is 0 Å². The van der Waals surface area contributed by atoms with Crippen molar-refractivity contribution in [3.05, 3.63) is 22.2 Å². The molecule has 11 atom stereocenters. The van der Waals surface area contributed by atoms with Crippen LogP contribution in [0.4, 0.5) is 5.13 Å². The maximum atomic E-state index is 14.0. The topological polar surface area (TPSA) is 132 Å². The molecule has 52 heavy (non-hydrogen) atoms. The molecule has 6 saturated carbocycles. The highest BCUT2D eigenvalue weighted by Gasteiger charge is 2.82. The molecule has 0 aliphatic heterocycles. The first-order valence-electron chi connectivity index (χ1n) is 20.4. The van der Waals surface area contributed by atoms with Crippen LogP contribution in [0.15, 0.2) is 16.5 Å². The quantitative estimate of drug-likeness (QED) is 0.170. The van der Waals surface area contributed by atoms with Gasteiger partial charge in [-0.2, -0.15) is 0 Å². The van der Waals surface area contributed by atoms with E-state index in [9.17, 15) is 19.5 Å². The summed E-state index contributed by atoms with van der Waals surface area (Å²) in [7, 11) is 0. The molecule has 286 valence electrons. The van der Waals surface area contributed by atoms with Gasteiger partial charge >= 0.3 is 11.9 Å². The van der Waals surface area contributed by atoms with Gasteiger partial charge in [0.1, 0.15) is 6.10 Å². The summed E-state index contributed by atoms with van der Waals surface area (Å²) in [6.45, 7) is 20.2. The molecule has 9 heteroatoms. The second-order valence-electron chi connectivity index (χ2n) is 20.5. The largest absolute Gasteiger partial charge is 0.481 e. The number of nitrogens with two attached hydrogens (primary N) is 1. The molecule has 1 aromatic heterocycles. The number of carboxylic acids is 1. The molecule has 1 spiro atoms. The Bertz CT molecular complexity index is 1730. The number of fused-ring (bicyclic) bond motifs is 6. The molecule has 7 aliphatic carbocycles. The van der Waals surface area contributed by atoms with Crippen LogP contribution in [0, 0.1) is 67.5 Å². The highest BCUT2D eigenvalue weighted by Crippen LogP contribution is 2.87. The lowest BCUT2D eigenvalue weighted by molar-refractivity contribution is -0.221. The zero-order valence-electron chi connectivity index (χ0n) is 33.0. The second kappa shape index (κ2) is 11.6. The molecule has 7 aliphatic rings. The van der Waals surface area contributed by atoms with Gasteiger partial charge in [-0.3, -0.25) is 14.4 Å². The summed E-state index contributed by atoms with van der Waals surface area (Å²) in [6, 6.07) is 0. The third-order valence-electron chi connectivity index (χ3n) is 18.3. The number of aliphatic carboxylic acids is 1. The van der Waals surface area contributed by atoms with Crippen LogP contribution in [-0.4, -0.2) is 40.5 Å². The van der Waals surface area contributed by atoms with E-state index in [2.05, 4.69) is 51.8 Å². The normalized spacial score (nSPS) is 45.6. The van der Waals surface area contributed by atoms with E-state index in [0.29, 0.717) is 42.1 Å². The number of allylic oxidation sites excluding steroid dienone is 2. The van der Waals surface area contributed by atoms with Crippen molar-refractivity contribution in [2.45, 2.75) is 145 Å². The molecule has 4 N–H and O–H groups in total. The van der Waals surface area contributed by atoms with Crippen LogP contribution in [-0.2, 0) is 25.7 Å². The maximum absolute atomic E-state index is 14.0. The van der Waals surface area contributed by atoms with Crippen molar-refractivity contribution in [1.82, 2.24) is 10.3 Å². The van der Waals surface area contributed by atoms with Crippen molar-refractivity contribution in [3.63, 3.8) is 0 Å². The first-order valence-corrected chi connectivity index (χ1v) is 21.3. The van der Waals surface area contributed by atoms with Gasteiger partial charge in [0.15, 0.2) is 10.9 Å². The summed E-state index contributed by atoms with van der Waals surface area (Å²) in [5, 5.41) is 15.9. The summed E-state index contributed by atoms with van der Waals surface area (Å²) in [5.74, 6) is -0.155. The fourth-order valence-corrected chi connectivity index (χ4v) is 15.5. The molecular formula is C43H63N3O5S. The van der Waals surface area contributed by atoms with Crippen molar-refractivity contribution in [1.29, 1.82) is 0 Å². The Morgan fingerprint density at radius 2 is 1.71 bits per heavy atom. The first-order chi connectivity index (χ1) is 24.3. The first kappa shape index (κ1) is 36.7. The van der Waals surface area contributed by atoms with Gasteiger partial charge in [0.25, 0.3) is 0 Å². The van der Waals surface area contributed by atoms with Gasteiger partial charge in [0.05, 0.1) is 17.5 Å². The Hall–Kier alpha value is -2.26. The van der Waals surface area contributed by atoms with Crippen LogP contribution >= 0.6 is 11.3 Å². The van der Waals surface area contributed by atoms with Gasteiger partial charge in [-0.25, -0.2) is 4.98 Å². The van der Waals surface area contributed by atoms with Gasteiger partial charge in [-0.1, -0.05) is 61.0 Å². The molecule has 8 rings (SSSR count). The third-order valence-corrected chi connectivity index (χ3v) is 19.0. The number of nitrogen functional groups attached to an aromatic ring is 1. The number of hydrogen-bond donors (Lipinski definition) is 3. The molecule has 2 unspecified atom stereocenters. The minimum atomic E-state index is -0.810. The molecule has 8 nitrogen and oxygen atoms in total. The molecule has 0 radical (unpaired) electrons. The van der Waals surface area contributed by atoms with Gasteiger partial charge < -0.3 is 20.9 Å². The number of ether oxygens (including phenoxy) is 1. The lowest BCUT2D eigenvalue weighted by Crippen LogP contribution is -2.64. The van der Waals surface area contributed by atoms with E-state index in [4.69, 9.17) is 10.5 Å². The molecule has 0 saturated heterocycles. The van der Waals surface area contributed by atoms with Crippen LogP contribution < -0.4 is 11.1 Å². The van der Waals surface area contributed by atoms with Crippen LogP contribution in [0.3, 0.4) is 0 Å². The number of rotatable bonds is 9. The predicted molar refractivity (Wildman–Crippen MR) is 203 cm³/mol. The van der Waals surface area contributed by atoms with Gasteiger partial charge in [0, 0.05) is 29.2 Å². The van der Waals surface area contributed by atoms with E-state index < -0.39 is 17.3 Å². The molecule has 0 amide bonds. The van der Waals surface area contributed by atoms with E-state index in [1.807, 2.05) is 19.2 Å². The average Bonchev–Trinajstić information content (AvgIpc) is 3.31. The SMILES string of the molecule is CC(C)C1=C2C3CC[C@@H]4[C@@]5(C)CC[C@H](OC(=O)[C@H]6C[C@@H](C(=O)O)C6(C)C)[C@@]6(C)C[C@]65CC[C@@]4(C)[C@]3(C)CCC2(CCNCc2csc(N)n2)CC1=O. The van der Waals surface area contributed by atoms with Crippen LogP contribution in [0.5, 0.6) is 0 Å². The number of anilines is 1. The van der Waals surface area contributed by atoms with Crippen molar-refractivity contribution in [2.75, 3.05) is 12.3 Å². The Labute approximate surface area is 314 Å². The minimum absolute atomic E-state index is 0.0287. The molecule has 0 bridgehead atoms. The average molecular weight is 734 g/mol. The Balaban J connectivity index is 1.03. The smallest absolute Gasteiger partial charge is 0.309 e. The van der Waals surface area contributed by atoms with Crippen molar-refractivity contribution in [3.8, 4) is 0 Å². The predicted octanol–water partition coefficient (Wildman–Crippen LogP) is 8.60. The maximum Gasteiger partial charge on any atom is 0.309 e. The standard InChI is InChI=1S/C43H63N3O5S/c1-24(2)32-29(47)20-42(17-18-45-21-25-22-52-36(44)46-25)15-13-38(5)26(33(32)42)9-10-30-39(38,6)14-16-43-23-41(43,8)31(11-12-40(30,43)7)51-35(50)28-19-27(34(48)49)37(28,3)4/h22,24,26-28,30-31,45H,9-21,23H2,1-8H3,(H2,44,46)(H,48,49)/t26?,27-,28+,30-,31-,38+,39+,40+,41+,42?,43-/m0/s1. The number of Topliss-reactive ketones (excluding diaryl/α,β-unsaturated/α-hetero) is 1. The number of carbonyl (C=O) groups excluding carboxylic acids is 2. The third kappa shape index (κ3) is 4.65. The number of carboxylic acid groups (broad SMARTS) is 1. The number of nitrogens with one attached hydrogen (secondary N) is 1. The lowest BCUT2D eigenvalue weighted by Gasteiger charge is -2.71. The highest BCUT2D eigenvalue weighted by molar-refractivity contribution is 7.13. The van der Waals surface area contributed by atoms with E-state index in [-0.39, 0.29) is 56.4 Å². The Morgan fingerprint density at radius 1 is 0.981 bits per heavy atom. The van der Waals surface area contributed by atoms with Gasteiger partial charge in [-0.15, -0.1) is 11.3 Å². The van der Waals surface area contributed by atoms with E-state index in [0.717, 1.165) is 56.3 Å². The fourth-order valence-electron chi connectivity index (χ4n) is 15.0. The number of ketones is 1. The molecule has 1 aromatic rings. The number of nitrogens with zero attached hydrogens (tertiary/aromatic N) is 1. The van der Waals surface area contributed by atoms with Crippen LogP contribution in [0.25, 0.3) is 0 Å². The monoisotopic (exact) mass is 733 g/mol. The summed E-state index contributed by atoms with van der Waals surface area (Å²) < 4.78 is 6.46. The number of esters is 1. The van der Waals surface area contributed by atoms with Crippen LogP contribution in [0.1, 0.15) is 138 Å². The van der Waals surface area contributed by atoms with Gasteiger partial charge in [-0.05, 0) is 128 Å². The highest BCUT2D eigenvalue weighted by atomic mass is 32.1. The fraction of sp³-hybridized carbons (Fsp3) is 0.814. The minimum Gasteiger partial charge on any atom is -0.481 e. The number of thiazole rings is 1. The number of hydrogen-bond acceptors (Lipinski definition) is 8. The molecule has 0 aromatic carbocycles. The van der Waals surface area contributed by atoms with Gasteiger partial charge in [0.2, 0.25) is 0 Å². The molecule has 1 heterocycles. The zero-order valence-corrected chi connectivity index (χ0v) is 33.8. The van der Waals surface area contributed by atoms with E-state index >= 15 is 0 Å². The molecular weight excluding hydrogens is 671 g/mol. The van der Waals surface area contributed by atoms with Crippen molar-refractivity contribution < 1.29 is 24.2 Å². The lowest BCUT2D eigenvalue weighted by atomic mass is 9.33. The summed E-state index contributed by atoms with van der Waals surface area (Å²) >= 11 is 1.48. The zero-order chi connectivity index (χ0) is 37.4. The van der Waals surface area contributed by atoms with E-state index in [1.54, 1.807) is 5.57 Å². The summed E-state index contributed by atoms with van der Waals surface area (Å²) in [4.78, 5) is 43.8.